The van der Waals surface area contributed by atoms with E-state index >= 15 is 0 Å². The Morgan fingerprint density at radius 2 is 2.27 bits per heavy atom. The number of hydrogen-bond donors (Lipinski definition) is 1. The number of nitriles is 1. The van der Waals surface area contributed by atoms with Gasteiger partial charge in [-0.3, -0.25) is 0 Å². The molecule has 4 heteroatoms. The molecule has 0 heterocycles. The number of aliphatic hydroxyl groups excluding tert-OH is 1. The average Bonchev–Trinajstić information content (AvgIpc) is 2.26. The molecule has 0 aliphatic heterocycles. The molecule has 15 heavy (non-hydrogen) atoms. The zero-order valence-electron chi connectivity index (χ0n) is 8.62. The molecule has 0 spiro atoms. The number of methoxy groups -OCH3 is 1. The van der Waals surface area contributed by atoms with Crippen LogP contribution in [0.4, 0.5) is 4.39 Å². The maximum absolute atomic E-state index is 13.4. The molecule has 1 N–H and O–H groups in total. The van der Waals surface area contributed by atoms with Crippen molar-refractivity contribution in [3.8, 4) is 11.8 Å². The highest BCUT2D eigenvalue weighted by molar-refractivity contribution is 5.46. The van der Waals surface area contributed by atoms with Crippen molar-refractivity contribution in [2.75, 3.05) is 7.11 Å². The van der Waals surface area contributed by atoms with Gasteiger partial charge in [-0.25, -0.2) is 4.39 Å². The van der Waals surface area contributed by atoms with Crippen molar-refractivity contribution in [3.05, 3.63) is 29.1 Å². The summed E-state index contributed by atoms with van der Waals surface area (Å²) in [7, 11) is 1.36. The molecule has 1 unspecified atom stereocenters. The normalized spacial score (nSPS) is 11.9. The molecule has 1 atom stereocenters. The van der Waals surface area contributed by atoms with Crippen molar-refractivity contribution >= 4 is 0 Å². The highest BCUT2D eigenvalue weighted by Crippen LogP contribution is 2.27. The van der Waals surface area contributed by atoms with Crippen molar-refractivity contribution in [2.45, 2.75) is 19.4 Å². The number of rotatable bonds is 3. The number of benzene rings is 1. The summed E-state index contributed by atoms with van der Waals surface area (Å²) in [6.45, 7) is 1.78. The summed E-state index contributed by atoms with van der Waals surface area (Å²) in [6, 6.07) is 4.36. The van der Waals surface area contributed by atoms with Crippen LogP contribution in [-0.4, -0.2) is 12.2 Å². The lowest BCUT2D eigenvalue weighted by atomic mass is 10.0. The van der Waals surface area contributed by atoms with Gasteiger partial charge in [0.15, 0.2) is 0 Å². The molecule has 0 amide bonds. The fourth-order valence-corrected chi connectivity index (χ4v) is 1.30. The van der Waals surface area contributed by atoms with Crippen molar-refractivity contribution < 1.29 is 14.2 Å². The van der Waals surface area contributed by atoms with Gasteiger partial charge < -0.3 is 9.84 Å². The maximum atomic E-state index is 13.4. The Balaban J connectivity index is 3.27. The summed E-state index contributed by atoms with van der Waals surface area (Å²) < 4.78 is 18.3. The van der Waals surface area contributed by atoms with Crippen molar-refractivity contribution in [2.24, 2.45) is 0 Å². The van der Waals surface area contributed by atoms with Crippen LogP contribution >= 0.6 is 0 Å². The Bertz CT molecular complexity index is 398. The SMILES string of the molecule is CCC(O)c1cc(F)c(C#N)c(OC)c1. The Morgan fingerprint density at radius 1 is 1.60 bits per heavy atom. The van der Waals surface area contributed by atoms with Gasteiger partial charge in [0.05, 0.1) is 13.2 Å². The van der Waals surface area contributed by atoms with Crippen LogP contribution in [0.3, 0.4) is 0 Å². The van der Waals surface area contributed by atoms with Gasteiger partial charge >= 0.3 is 0 Å². The summed E-state index contributed by atoms with van der Waals surface area (Å²) in [6.07, 6.45) is -0.254. The second kappa shape index (κ2) is 4.76. The molecule has 0 aliphatic carbocycles. The van der Waals surface area contributed by atoms with Gasteiger partial charge in [-0.15, -0.1) is 0 Å². The second-order valence-electron chi connectivity index (χ2n) is 3.12. The van der Waals surface area contributed by atoms with Crippen LogP contribution in [0.15, 0.2) is 12.1 Å². The van der Waals surface area contributed by atoms with Gasteiger partial charge in [-0.05, 0) is 24.1 Å². The molecule has 80 valence electrons. The van der Waals surface area contributed by atoms with Crippen molar-refractivity contribution in [1.82, 2.24) is 0 Å². The monoisotopic (exact) mass is 209 g/mol. The Kier molecular flexibility index (Phi) is 3.64. The molecule has 0 saturated heterocycles. The third-order valence-corrected chi connectivity index (χ3v) is 2.18. The highest BCUT2D eigenvalue weighted by Gasteiger charge is 2.14. The number of ether oxygens (including phenoxy) is 1. The summed E-state index contributed by atoms with van der Waals surface area (Å²) in [5, 5.41) is 18.2. The van der Waals surface area contributed by atoms with Crippen LogP contribution in [0.1, 0.15) is 30.6 Å². The first kappa shape index (κ1) is 11.5. The molecule has 0 radical (unpaired) electrons. The molecule has 1 aromatic rings. The molecule has 0 aliphatic rings. The van der Waals surface area contributed by atoms with E-state index in [9.17, 15) is 9.50 Å². The summed E-state index contributed by atoms with van der Waals surface area (Å²) >= 11 is 0. The summed E-state index contributed by atoms with van der Waals surface area (Å²) in [5.74, 6) is -0.514. The zero-order valence-corrected chi connectivity index (χ0v) is 8.62. The molecular formula is C11H12FNO2. The molecule has 1 aromatic carbocycles. The summed E-state index contributed by atoms with van der Waals surface area (Å²) in [5.41, 5.74) is 0.287. The Morgan fingerprint density at radius 3 is 2.73 bits per heavy atom. The van der Waals surface area contributed by atoms with E-state index in [1.807, 2.05) is 0 Å². The van der Waals surface area contributed by atoms with Gasteiger partial charge in [0.2, 0.25) is 0 Å². The minimum absolute atomic E-state index is 0.135. The number of halogens is 1. The second-order valence-corrected chi connectivity index (χ2v) is 3.12. The molecule has 0 aromatic heterocycles. The number of nitrogens with zero attached hydrogens (tertiary/aromatic N) is 1. The van der Waals surface area contributed by atoms with Gasteiger partial charge in [0.1, 0.15) is 23.2 Å². The molecule has 1 rings (SSSR count). The van der Waals surface area contributed by atoms with Gasteiger partial charge in [0, 0.05) is 0 Å². The zero-order chi connectivity index (χ0) is 11.4. The van der Waals surface area contributed by atoms with E-state index in [-0.39, 0.29) is 11.3 Å². The smallest absolute Gasteiger partial charge is 0.145 e. The predicted octanol–water partition coefficient (Wildman–Crippen LogP) is 2.15. The van der Waals surface area contributed by atoms with Crippen molar-refractivity contribution in [1.29, 1.82) is 5.26 Å². The van der Waals surface area contributed by atoms with Gasteiger partial charge in [0.25, 0.3) is 0 Å². The first-order valence-electron chi connectivity index (χ1n) is 4.59. The number of aliphatic hydroxyl groups is 1. The molecule has 0 saturated carbocycles. The van der Waals surface area contributed by atoms with Crippen molar-refractivity contribution in [3.63, 3.8) is 0 Å². The van der Waals surface area contributed by atoms with Crippen LogP contribution in [0.2, 0.25) is 0 Å². The van der Waals surface area contributed by atoms with Crippen LogP contribution in [0.5, 0.6) is 5.75 Å². The van der Waals surface area contributed by atoms with E-state index in [2.05, 4.69) is 0 Å². The van der Waals surface area contributed by atoms with E-state index in [0.29, 0.717) is 12.0 Å². The summed E-state index contributed by atoms with van der Waals surface area (Å²) in [4.78, 5) is 0. The van der Waals surface area contributed by atoms with Gasteiger partial charge in [-0.2, -0.15) is 5.26 Å². The maximum Gasteiger partial charge on any atom is 0.145 e. The fourth-order valence-electron chi connectivity index (χ4n) is 1.30. The standard InChI is InChI=1S/C11H12FNO2/c1-3-10(14)7-4-9(12)8(6-13)11(5-7)15-2/h4-5,10,14H,3H2,1-2H3. The molecule has 3 nitrogen and oxygen atoms in total. The van der Waals surface area contributed by atoms with E-state index in [0.717, 1.165) is 6.07 Å². The van der Waals surface area contributed by atoms with E-state index in [1.54, 1.807) is 13.0 Å². The average molecular weight is 209 g/mol. The number of hydrogen-bond acceptors (Lipinski definition) is 3. The fraction of sp³-hybridized carbons (Fsp3) is 0.364. The van der Waals surface area contributed by atoms with Crippen LogP contribution in [0.25, 0.3) is 0 Å². The van der Waals surface area contributed by atoms with E-state index < -0.39 is 11.9 Å². The lowest BCUT2D eigenvalue weighted by molar-refractivity contribution is 0.173. The van der Waals surface area contributed by atoms with E-state index in [4.69, 9.17) is 10.00 Å². The molecule has 0 fully saturated rings. The highest BCUT2D eigenvalue weighted by atomic mass is 19.1. The van der Waals surface area contributed by atoms with Crippen LogP contribution in [0, 0.1) is 17.1 Å². The Hall–Kier alpha value is -1.60. The Labute approximate surface area is 87.7 Å². The molecule has 0 bridgehead atoms. The lowest BCUT2D eigenvalue weighted by Gasteiger charge is -2.11. The minimum Gasteiger partial charge on any atom is -0.495 e. The van der Waals surface area contributed by atoms with Crippen LogP contribution < -0.4 is 4.74 Å². The first-order chi connectivity index (χ1) is 7.13. The quantitative estimate of drug-likeness (QED) is 0.829. The lowest BCUT2D eigenvalue weighted by Crippen LogP contribution is -2.00. The largest absolute Gasteiger partial charge is 0.495 e. The third-order valence-electron chi connectivity index (χ3n) is 2.18. The minimum atomic E-state index is -0.735. The topological polar surface area (TPSA) is 53.2 Å². The third kappa shape index (κ3) is 2.25. The van der Waals surface area contributed by atoms with E-state index in [1.165, 1.54) is 13.2 Å². The first-order valence-corrected chi connectivity index (χ1v) is 4.59. The van der Waals surface area contributed by atoms with Crippen LogP contribution in [-0.2, 0) is 0 Å². The molecular weight excluding hydrogens is 197 g/mol. The van der Waals surface area contributed by atoms with Gasteiger partial charge in [-0.1, -0.05) is 6.92 Å². The predicted molar refractivity (Wildman–Crippen MR) is 52.9 cm³/mol.